The molecule has 1 heterocycles. The summed E-state index contributed by atoms with van der Waals surface area (Å²) in [5.41, 5.74) is 1.19. The molecule has 0 saturated carbocycles. The van der Waals surface area contributed by atoms with Gasteiger partial charge in [0.15, 0.2) is 5.82 Å². The summed E-state index contributed by atoms with van der Waals surface area (Å²) in [6.07, 6.45) is 0.521. The van der Waals surface area contributed by atoms with E-state index in [1.807, 2.05) is 42.5 Å². The maximum absolute atomic E-state index is 12.4. The molecule has 3 rings (SSSR count). The SMILES string of the molecule is COC(=O)C(OC(C)=O)C(C)(C)c1ccccc1OCc1ccnc(-c2ccccc2OC)n1. The third kappa shape index (κ3) is 5.51. The minimum atomic E-state index is -1.14. The van der Waals surface area contributed by atoms with Crippen molar-refractivity contribution in [1.29, 1.82) is 0 Å². The van der Waals surface area contributed by atoms with Gasteiger partial charge in [-0.05, 0) is 24.3 Å². The lowest BCUT2D eigenvalue weighted by Crippen LogP contribution is -2.44. The van der Waals surface area contributed by atoms with E-state index in [0.717, 1.165) is 5.56 Å². The average Bonchev–Trinajstić information content (AvgIpc) is 2.85. The number of rotatable bonds is 9. The number of carbonyl (C=O) groups is 2. The molecule has 0 fully saturated rings. The molecule has 8 heteroatoms. The van der Waals surface area contributed by atoms with E-state index in [1.54, 1.807) is 39.3 Å². The Morgan fingerprint density at radius 1 is 0.971 bits per heavy atom. The predicted octanol–water partition coefficient (Wildman–Crippen LogP) is 4.11. The van der Waals surface area contributed by atoms with E-state index in [1.165, 1.54) is 14.0 Å². The van der Waals surface area contributed by atoms with E-state index in [2.05, 4.69) is 9.97 Å². The predicted molar refractivity (Wildman–Crippen MR) is 125 cm³/mol. The van der Waals surface area contributed by atoms with Gasteiger partial charge in [0, 0.05) is 24.1 Å². The van der Waals surface area contributed by atoms with Crippen LogP contribution in [0.2, 0.25) is 0 Å². The van der Waals surface area contributed by atoms with Gasteiger partial charge < -0.3 is 18.9 Å². The highest BCUT2D eigenvalue weighted by molar-refractivity contribution is 5.80. The largest absolute Gasteiger partial charge is 0.496 e. The van der Waals surface area contributed by atoms with Crippen molar-refractivity contribution in [2.45, 2.75) is 38.9 Å². The number of methoxy groups -OCH3 is 2. The van der Waals surface area contributed by atoms with Crippen LogP contribution in [0.3, 0.4) is 0 Å². The van der Waals surface area contributed by atoms with Crippen LogP contribution in [0.1, 0.15) is 32.0 Å². The molecule has 0 amide bonds. The number of ether oxygens (including phenoxy) is 4. The maximum atomic E-state index is 12.4. The van der Waals surface area contributed by atoms with Gasteiger partial charge in [0.1, 0.15) is 18.1 Å². The number of benzene rings is 2. The fourth-order valence-electron chi connectivity index (χ4n) is 3.62. The van der Waals surface area contributed by atoms with Crippen LogP contribution < -0.4 is 9.47 Å². The van der Waals surface area contributed by atoms with E-state index >= 15 is 0 Å². The molecule has 34 heavy (non-hydrogen) atoms. The summed E-state index contributed by atoms with van der Waals surface area (Å²) >= 11 is 0. The highest BCUT2D eigenvalue weighted by Gasteiger charge is 2.42. The Morgan fingerprint density at radius 2 is 1.65 bits per heavy atom. The average molecular weight is 465 g/mol. The Bertz CT molecular complexity index is 1160. The normalized spacial score (nSPS) is 11.9. The molecular formula is C26H28N2O6. The van der Waals surface area contributed by atoms with Crippen molar-refractivity contribution in [2.75, 3.05) is 14.2 Å². The fraction of sp³-hybridized carbons (Fsp3) is 0.308. The third-order valence-corrected chi connectivity index (χ3v) is 5.37. The summed E-state index contributed by atoms with van der Waals surface area (Å²) in [4.78, 5) is 33.1. The molecular weight excluding hydrogens is 436 g/mol. The first kappa shape index (κ1) is 24.7. The highest BCUT2D eigenvalue weighted by atomic mass is 16.6. The molecule has 0 bridgehead atoms. The number of aromatic nitrogens is 2. The lowest BCUT2D eigenvalue weighted by molar-refractivity contribution is -0.169. The standard InChI is InChI=1S/C26H28N2O6/c1-17(29)34-23(25(30)32-5)26(2,3)20-11-7-9-13-22(20)33-16-18-14-15-27-24(28-18)19-10-6-8-12-21(19)31-4/h6-15,23H,16H2,1-5H3. The van der Waals surface area contributed by atoms with Crippen molar-refractivity contribution in [2.24, 2.45) is 0 Å². The Kier molecular flexibility index (Phi) is 7.83. The zero-order chi connectivity index (χ0) is 24.7. The van der Waals surface area contributed by atoms with Crippen molar-refractivity contribution in [3.63, 3.8) is 0 Å². The van der Waals surface area contributed by atoms with Gasteiger partial charge in [0.25, 0.3) is 0 Å². The van der Waals surface area contributed by atoms with Crippen molar-refractivity contribution in [3.05, 3.63) is 72.1 Å². The molecule has 8 nitrogen and oxygen atoms in total. The summed E-state index contributed by atoms with van der Waals surface area (Å²) < 4.78 is 21.7. The Balaban J connectivity index is 1.87. The molecule has 0 aliphatic rings. The molecule has 1 aromatic heterocycles. The van der Waals surface area contributed by atoms with Crippen LogP contribution in [-0.4, -0.2) is 42.2 Å². The number of esters is 2. The van der Waals surface area contributed by atoms with Gasteiger partial charge in [-0.15, -0.1) is 0 Å². The molecule has 178 valence electrons. The first-order valence-electron chi connectivity index (χ1n) is 10.7. The van der Waals surface area contributed by atoms with Crippen LogP contribution in [0, 0.1) is 0 Å². The van der Waals surface area contributed by atoms with Gasteiger partial charge in [-0.25, -0.2) is 14.8 Å². The van der Waals surface area contributed by atoms with Crippen LogP contribution in [-0.2, 0) is 31.1 Å². The topological polar surface area (TPSA) is 96.8 Å². The van der Waals surface area contributed by atoms with Gasteiger partial charge in [0.2, 0.25) is 6.10 Å². The first-order valence-corrected chi connectivity index (χ1v) is 10.7. The molecule has 0 saturated heterocycles. The second-order valence-corrected chi connectivity index (χ2v) is 8.09. The highest BCUT2D eigenvalue weighted by Crippen LogP contribution is 2.36. The van der Waals surface area contributed by atoms with Gasteiger partial charge >= 0.3 is 11.9 Å². The number of para-hydroxylation sites is 2. The van der Waals surface area contributed by atoms with E-state index in [0.29, 0.717) is 28.6 Å². The van der Waals surface area contributed by atoms with Crippen LogP contribution >= 0.6 is 0 Å². The molecule has 0 radical (unpaired) electrons. The molecule has 0 aliphatic heterocycles. The monoisotopic (exact) mass is 464 g/mol. The van der Waals surface area contributed by atoms with Crippen molar-refractivity contribution >= 4 is 11.9 Å². The third-order valence-electron chi connectivity index (χ3n) is 5.37. The molecule has 0 spiro atoms. The molecule has 3 aromatic rings. The minimum absolute atomic E-state index is 0.161. The zero-order valence-corrected chi connectivity index (χ0v) is 19.9. The number of nitrogens with zero attached hydrogens (tertiary/aromatic N) is 2. The minimum Gasteiger partial charge on any atom is -0.496 e. The van der Waals surface area contributed by atoms with E-state index in [4.69, 9.17) is 18.9 Å². The second kappa shape index (κ2) is 10.8. The number of hydrogen-bond acceptors (Lipinski definition) is 8. The summed E-state index contributed by atoms with van der Waals surface area (Å²) in [5.74, 6) is 0.504. The zero-order valence-electron chi connectivity index (χ0n) is 19.9. The quantitative estimate of drug-likeness (QED) is 0.437. The molecule has 1 unspecified atom stereocenters. The number of hydrogen-bond donors (Lipinski definition) is 0. The second-order valence-electron chi connectivity index (χ2n) is 8.09. The van der Waals surface area contributed by atoms with Crippen LogP contribution in [0.4, 0.5) is 0 Å². The van der Waals surface area contributed by atoms with Crippen LogP contribution in [0.15, 0.2) is 60.8 Å². The van der Waals surface area contributed by atoms with Crippen LogP contribution in [0.25, 0.3) is 11.4 Å². The van der Waals surface area contributed by atoms with Gasteiger partial charge in [-0.2, -0.15) is 0 Å². The summed E-state index contributed by atoms with van der Waals surface area (Å²) in [5, 5.41) is 0. The van der Waals surface area contributed by atoms with Crippen molar-refractivity contribution in [1.82, 2.24) is 9.97 Å². The van der Waals surface area contributed by atoms with E-state index in [-0.39, 0.29) is 6.61 Å². The maximum Gasteiger partial charge on any atom is 0.348 e. The van der Waals surface area contributed by atoms with E-state index in [9.17, 15) is 9.59 Å². The summed E-state index contributed by atoms with van der Waals surface area (Å²) in [6, 6.07) is 16.6. The van der Waals surface area contributed by atoms with Crippen LogP contribution in [0.5, 0.6) is 11.5 Å². The van der Waals surface area contributed by atoms with Crippen molar-refractivity contribution in [3.8, 4) is 22.9 Å². The lowest BCUT2D eigenvalue weighted by atomic mass is 9.78. The van der Waals surface area contributed by atoms with Gasteiger partial charge in [0.05, 0.1) is 25.5 Å². The van der Waals surface area contributed by atoms with Crippen molar-refractivity contribution < 1.29 is 28.5 Å². The Labute approximate surface area is 198 Å². The molecule has 2 aromatic carbocycles. The summed E-state index contributed by atoms with van der Waals surface area (Å²) in [6.45, 7) is 5.01. The lowest BCUT2D eigenvalue weighted by Gasteiger charge is -2.33. The molecule has 1 atom stereocenters. The smallest absolute Gasteiger partial charge is 0.348 e. The Hall–Kier alpha value is -3.94. The van der Waals surface area contributed by atoms with Gasteiger partial charge in [-0.3, -0.25) is 4.79 Å². The van der Waals surface area contributed by atoms with E-state index < -0.39 is 23.5 Å². The number of carbonyl (C=O) groups excluding carboxylic acids is 2. The summed E-state index contributed by atoms with van der Waals surface area (Å²) in [7, 11) is 2.85. The van der Waals surface area contributed by atoms with Gasteiger partial charge in [-0.1, -0.05) is 44.2 Å². The fourth-order valence-corrected chi connectivity index (χ4v) is 3.62. The molecule has 0 aliphatic carbocycles. The Morgan fingerprint density at radius 3 is 2.32 bits per heavy atom. The molecule has 0 N–H and O–H groups in total. The first-order chi connectivity index (χ1) is 16.3.